The predicted octanol–water partition coefficient (Wildman–Crippen LogP) is 3.09. The normalized spacial score (nSPS) is 13.4. The van der Waals surface area contributed by atoms with Crippen molar-refractivity contribution < 1.29 is 25.2 Å². The molecular formula is C15H32O6S2. The van der Waals surface area contributed by atoms with Crippen LogP contribution in [0.5, 0.6) is 0 Å². The summed E-state index contributed by atoms with van der Waals surface area (Å²) in [5.74, 6) is -0.0225. The van der Waals surface area contributed by atoms with Gasteiger partial charge in [0.05, 0.1) is 24.7 Å². The minimum Gasteiger partial charge on any atom is -0.269 e. The molecule has 0 saturated carbocycles. The highest BCUT2D eigenvalue weighted by molar-refractivity contribution is 7.86. The number of hydrogen-bond acceptors (Lipinski definition) is 6. The van der Waals surface area contributed by atoms with Crippen molar-refractivity contribution in [2.75, 3.05) is 24.7 Å². The first kappa shape index (κ1) is 22.8. The molecule has 0 aliphatic rings. The molecule has 0 N–H and O–H groups in total. The lowest BCUT2D eigenvalue weighted by molar-refractivity contribution is 0.0767. The van der Waals surface area contributed by atoms with Gasteiger partial charge in [0.25, 0.3) is 20.2 Å². The SMILES string of the molecule is CCCCS(=O)(=O)OCC(CC)(CC)COS(=O)(=O)CCCC. The Labute approximate surface area is 142 Å². The molecule has 0 atom stereocenters. The fraction of sp³-hybridized carbons (Fsp3) is 1.00. The van der Waals surface area contributed by atoms with E-state index in [9.17, 15) is 16.8 Å². The highest BCUT2D eigenvalue weighted by Gasteiger charge is 2.31. The average Bonchev–Trinajstić information content (AvgIpc) is 2.52. The third-order valence-corrected chi connectivity index (χ3v) is 6.62. The van der Waals surface area contributed by atoms with Crippen molar-refractivity contribution in [1.82, 2.24) is 0 Å². The molecule has 0 unspecified atom stereocenters. The zero-order valence-electron chi connectivity index (χ0n) is 14.8. The van der Waals surface area contributed by atoms with Crippen LogP contribution >= 0.6 is 0 Å². The van der Waals surface area contributed by atoms with E-state index < -0.39 is 25.7 Å². The van der Waals surface area contributed by atoms with Crippen LogP contribution in [-0.2, 0) is 28.6 Å². The van der Waals surface area contributed by atoms with E-state index in [0.29, 0.717) is 25.7 Å². The Bertz CT molecular complexity index is 462. The molecule has 0 aliphatic heterocycles. The molecule has 0 heterocycles. The van der Waals surface area contributed by atoms with Crippen LogP contribution in [0.3, 0.4) is 0 Å². The van der Waals surface area contributed by atoms with Crippen molar-refractivity contribution >= 4 is 20.2 Å². The Kier molecular flexibility index (Phi) is 10.6. The summed E-state index contributed by atoms with van der Waals surface area (Å²) in [6.07, 6.45) is 3.80. The summed E-state index contributed by atoms with van der Waals surface area (Å²) in [7, 11) is -7.14. The van der Waals surface area contributed by atoms with Gasteiger partial charge in [-0.15, -0.1) is 0 Å². The van der Waals surface area contributed by atoms with E-state index in [0.717, 1.165) is 12.8 Å². The summed E-state index contributed by atoms with van der Waals surface area (Å²) in [6.45, 7) is 7.49. The first-order valence-electron chi connectivity index (χ1n) is 8.40. The summed E-state index contributed by atoms with van der Waals surface area (Å²) < 4.78 is 57.6. The molecule has 0 saturated heterocycles. The smallest absolute Gasteiger partial charge is 0.267 e. The molecule has 6 nitrogen and oxygen atoms in total. The van der Waals surface area contributed by atoms with Crippen LogP contribution in [0.25, 0.3) is 0 Å². The third-order valence-electron chi connectivity index (χ3n) is 4.09. The Morgan fingerprint density at radius 2 is 1.04 bits per heavy atom. The zero-order chi connectivity index (χ0) is 18.0. The average molecular weight is 373 g/mol. The molecular weight excluding hydrogens is 340 g/mol. The molecule has 140 valence electrons. The summed E-state index contributed by atoms with van der Waals surface area (Å²) in [5.41, 5.74) is -0.613. The molecule has 0 amide bonds. The molecule has 23 heavy (non-hydrogen) atoms. The molecule has 0 aliphatic carbocycles. The van der Waals surface area contributed by atoms with Crippen LogP contribution in [0.1, 0.15) is 66.2 Å². The van der Waals surface area contributed by atoms with Crippen LogP contribution in [0.2, 0.25) is 0 Å². The standard InChI is InChI=1S/C15H32O6S2/c1-5-9-11-22(16,17)20-13-15(7-3,8-4)14-21-23(18,19)12-10-6-2/h5-14H2,1-4H3. The fourth-order valence-electron chi connectivity index (χ4n) is 1.89. The molecule has 0 fully saturated rings. The van der Waals surface area contributed by atoms with Gasteiger partial charge in [0, 0.05) is 5.41 Å². The van der Waals surface area contributed by atoms with Crippen molar-refractivity contribution in [2.24, 2.45) is 5.41 Å². The van der Waals surface area contributed by atoms with Crippen LogP contribution in [0.15, 0.2) is 0 Å². The van der Waals surface area contributed by atoms with E-state index >= 15 is 0 Å². The fourth-order valence-corrected chi connectivity index (χ4v) is 4.27. The molecule has 0 spiro atoms. The summed E-state index contributed by atoms with van der Waals surface area (Å²) >= 11 is 0. The third kappa shape index (κ3) is 9.64. The van der Waals surface area contributed by atoms with E-state index in [1.165, 1.54) is 0 Å². The van der Waals surface area contributed by atoms with E-state index in [-0.39, 0.29) is 24.7 Å². The first-order valence-corrected chi connectivity index (χ1v) is 11.6. The molecule has 0 aromatic carbocycles. The van der Waals surface area contributed by atoms with Gasteiger partial charge in [-0.05, 0) is 25.7 Å². The quantitative estimate of drug-likeness (QED) is 0.436. The van der Waals surface area contributed by atoms with Crippen LogP contribution in [0.4, 0.5) is 0 Å². The van der Waals surface area contributed by atoms with Crippen LogP contribution in [-0.4, -0.2) is 41.6 Å². The minimum atomic E-state index is -3.57. The predicted molar refractivity (Wildman–Crippen MR) is 92.3 cm³/mol. The van der Waals surface area contributed by atoms with Crippen molar-refractivity contribution in [3.63, 3.8) is 0 Å². The molecule has 8 heteroatoms. The Balaban J connectivity index is 4.74. The Morgan fingerprint density at radius 1 is 0.696 bits per heavy atom. The van der Waals surface area contributed by atoms with Crippen LogP contribution < -0.4 is 0 Å². The zero-order valence-corrected chi connectivity index (χ0v) is 16.5. The van der Waals surface area contributed by atoms with Crippen LogP contribution in [0, 0.1) is 5.41 Å². The van der Waals surface area contributed by atoms with Crippen molar-refractivity contribution in [2.45, 2.75) is 66.2 Å². The molecule has 0 aromatic rings. The maximum Gasteiger partial charge on any atom is 0.267 e. The number of rotatable bonds is 14. The number of unbranched alkanes of at least 4 members (excludes halogenated alkanes) is 2. The Hall–Kier alpha value is -0.180. The lowest BCUT2D eigenvalue weighted by atomic mass is 9.84. The van der Waals surface area contributed by atoms with E-state index in [1.54, 1.807) is 0 Å². The molecule has 0 bridgehead atoms. The molecule has 0 radical (unpaired) electrons. The van der Waals surface area contributed by atoms with Gasteiger partial charge in [0.15, 0.2) is 0 Å². The van der Waals surface area contributed by atoms with Crippen molar-refractivity contribution in [3.8, 4) is 0 Å². The summed E-state index contributed by atoms with van der Waals surface area (Å²) in [4.78, 5) is 0. The Morgan fingerprint density at radius 3 is 1.30 bits per heavy atom. The van der Waals surface area contributed by atoms with E-state index in [4.69, 9.17) is 8.37 Å². The molecule has 0 aromatic heterocycles. The minimum absolute atomic E-state index is 0.0112. The van der Waals surface area contributed by atoms with Crippen molar-refractivity contribution in [1.29, 1.82) is 0 Å². The summed E-state index contributed by atoms with van der Waals surface area (Å²) in [6, 6.07) is 0. The first-order chi connectivity index (χ1) is 10.7. The largest absolute Gasteiger partial charge is 0.269 e. The van der Waals surface area contributed by atoms with Gasteiger partial charge in [-0.1, -0.05) is 40.5 Å². The molecule has 0 rings (SSSR count). The maximum atomic E-state index is 11.8. The van der Waals surface area contributed by atoms with Gasteiger partial charge in [0.2, 0.25) is 0 Å². The lowest BCUT2D eigenvalue weighted by Gasteiger charge is -2.30. The highest BCUT2D eigenvalue weighted by atomic mass is 32.2. The van der Waals surface area contributed by atoms with Crippen molar-refractivity contribution in [3.05, 3.63) is 0 Å². The second kappa shape index (κ2) is 10.6. The van der Waals surface area contributed by atoms with Gasteiger partial charge in [0.1, 0.15) is 0 Å². The monoisotopic (exact) mass is 372 g/mol. The highest BCUT2D eigenvalue weighted by Crippen LogP contribution is 2.29. The topological polar surface area (TPSA) is 86.7 Å². The van der Waals surface area contributed by atoms with E-state index in [1.807, 2.05) is 27.7 Å². The number of hydrogen-bond donors (Lipinski definition) is 0. The lowest BCUT2D eigenvalue weighted by Crippen LogP contribution is -2.34. The van der Waals surface area contributed by atoms with Gasteiger partial charge < -0.3 is 0 Å². The van der Waals surface area contributed by atoms with Gasteiger partial charge >= 0.3 is 0 Å². The van der Waals surface area contributed by atoms with Gasteiger partial charge in [-0.25, -0.2) is 0 Å². The van der Waals surface area contributed by atoms with E-state index in [2.05, 4.69) is 0 Å². The maximum absolute atomic E-state index is 11.8. The van der Waals surface area contributed by atoms with Gasteiger partial charge in [-0.3, -0.25) is 8.37 Å². The second-order valence-corrected chi connectivity index (χ2v) is 9.48. The summed E-state index contributed by atoms with van der Waals surface area (Å²) in [5, 5.41) is 0. The van der Waals surface area contributed by atoms with Gasteiger partial charge in [-0.2, -0.15) is 16.8 Å². The second-order valence-electron chi connectivity index (χ2n) is 5.96.